The van der Waals surface area contributed by atoms with E-state index in [4.69, 9.17) is 37.0 Å². The molecule has 0 aliphatic carbocycles. The Morgan fingerprint density at radius 3 is 0.861 bits per heavy atom. The lowest BCUT2D eigenvalue weighted by molar-refractivity contribution is -0.161. The average Bonchev–Trinajstić information content (AvgIpc) is 0.907. The van der Waals surface area contributed by atoms with E-state index in [1.165, 1.54) is 64.2 Å². The van der Waals surface area contributed by atoms with E-state index in [-0.39, 0.29) is 25.7 Å². The van der Waals surface area contributed by atoms with Crippen LogP contribution in [0.3, 0.4) is 0 Å². The molecule has 0 radical (unpaired) electrons. The van der Waals surface area contributed by atoms with Crippen LogP contribution >= 0.6 is 15.6 Å². The smallest absolute Gasteiger partial charge is 0.462 e. The van der Waals surface area contributed by atoms with Gasteiger partial charge in [0.25, 0.3) is 0 Å². The summed E-state index contributed by atoms with van der Waals surface area (Å²) in [7, 11) is -10.0. The van der Waals surface area contributed by atoms with Crippen LogP contribution in [0.4, 0.5) is 0 Å². The number of hydrogen-bond acceptors (Lipinski definition) is 15. The van der Waals surface area contributed by atoms with Crippen molar-refractivity contribution in [1.29, 1.82) is 0 Å². The fourth-order valence-corrected chi connectivity index (χ4v) is 11.7. The van der Waals surface area contributed by atoms with E-state index in [0.717, 1.165) is 135 Å². The van der Waals surface area contributed by atoms with E-state index >= 15 is 0 Å². The number of rotatable bonds is 75. The largest absolute Gasteiger partial charge is 0.472 e. The van der Waals surface area contributed by atoms with Crippen molar-refractivity contribution in [3.63, 3.8) is 0 Å². The minimum absolute atomic E-state index is 0.00110. The highest BCUT2D eigenvalue weighted by atomic mass is 31.2. The molecule has 0 rings (SSSR count). The van der Waals surface area contributed by atoms with E-state index in [9.17, 15) is 43.2 Å². The number of aliphatic hydroxyl groups is 1. The van der Waals surface area contributed by atoms with Gasteiger partial charge < -0.3 is 33.8 Å². The number of carbonyl (C=O) groups excluding carboxylic acids is 4. The van der Waals surface area contributed by atoms with Crippen LogP contribution in [0, 0.1) is 0 Å². The molecule has 0 amide bonds. The van der Waals surface area contributed by atoms with Gasteiger partial charge >= 0.3 is 39.5 Å². The summed E-state index contributed by atoms with van der Waals surface area (Å²) in [5, 5.41) is 10.7. The van der Waals surface area contributed by atoms with Crippen LogP contribution < -0.4 is 0 Å². The lowest BCUT2D eigenvalue weighted by atomic mass is 10.1. The van der Waals surface area contributed by atoms with E-state index in [1.54, 1.807) is 0 Å². The Labute approximate surface area is 654 Å². The highest BCUT2D eigenvalue weighted by Crippen LogP contribution is 2.45. The number of allylic oxidation sites excluding steroid dienone is 30. The van der Waals surface area contributed by atoms with Crippen molar-refractivity contribution in [2.45, 2.75) is 316 Å². The minimum atomic E-state index is -5.02. The lowest BCUT2D eigenvalue weighted by Gasteiger charge is -2.21. The van der Waals surface area contributed by atoms with E-state index in [0.29, 0.717) is 44.9 Å². The van der Waals surface area contributed by atoms with Crippen molar-refractivity contribution >= 4 is 39.5 Å². The average molecular weight is 1550 g/mol. The molecule has 0 aromatic heterocycles. The third-order valence-corrected chi connectivity index (χ3v) is 18.2. The standard InChI is InChI=1S/C89H144O17P2/c1-5-9-13-17-21-25-29-33-37-40-41-44-48-52-56-60-64-68-72-76-89(94)106-84(79-99-86(91)73-69-65-61-57-53-49-45-36-32-28-24-20-16-12-8-4)81-103-107(95,96)101-77-83(90)78-102-108(97,98)104-82-85(105-88(93)75-71-67-63-59-55-51-47-43-39-35-31-27-23-19-15-11-7-3)80-100-87(92)74-70-66-62-58-54-50-46-42-38-34-30-26-22-18-14-10-6-2/h9,13,21-23,25-28,32-35,37-39,41,44,46-47,50-52,56,58-59,62-64,68,83-85,90H,5-8,10-12,14-20,24,29-31,36,40,42-43,45,48-49,53-55,57,60-61,65-67,69-82H2,1-4H3,(H,95,96)(H,97,98)/b13-9-,25-21-,26-22-,27-23-,32-28-,37-33-,38-34-,39-35-,44-41-,50-46-,51-47-,56-52-,62-58-,63-59-,68-64-/t83-,84+,85+/m0/s1. The summed E-state index contributed by atoms with van der Waals surface area (Å²) in [6, 6.07) is 0. The molecular formula is C89H144O17P2. The molecule has 0 heterocycles. The normalized spacial score (nSPS) is 14.8. The van der Waals surface area contributed by atoms with E-state index < -0.39 is 97.5 Å². The zero-order valence-corrected chi connectivity index (χ0v) is 68.7. The molecule has 108 heavy (non-hydrogen) atoms. The van der Waals surface area contributed by atoms with Gasteiger partial charge in [-0.3, -0.25) is 37.3 Å². The minimum Gasteiger partial charge on any atom is -0.462 e. The van der Waals surface area contributed by atoms with E-state index in [1.807, 2.05) is 42.5 Å². The topological polar surface area (TPSA) is 237 Å². The van der Waals surface area contributed by atoms with Gasteiger partial charge in [-0.25, -0.2) is 9.13 Å². The zero-order chi connectivity index (χ0) is 78.9. The molecule has 0 aliphatic heterocycles. The molecule has 19 heteroatoms. The maximum atomic E-state index is 13.1. The van der Waals surface area contributed by atoms with Crippen molar-refractivity contribution in [1.82, 2.24) is 0 Å². The summed E-state index contributed by atoms with van der Waals surface area (Å²) in [6.45, 7) is 4.46. The maximum Gasteiger partial charge on any atom is 0.472 e. The molecular weight excluding hydrogens is 1400 g/mol. The van der Waals surface area contributed by atoms with Crippen molar-refractivity contribution in [3.05, 3.63) is 182 Å². The monoisotopic (exact) mass is 1550 g/mol. The number of aliphatic hydroxyl groups excluding tert-OH is 1. The first-order chi connectivity index (χ1) is 52.7. The number of unbranched alkanes of at least 4 members (excludes halogenated alkanes) is 19. The molecule has 0 aromatic carbocycles. The van der Waals surface area contributed by atoms with Crippen molar-refractivity contribution in [2.24, 2.45) is 0 Å². The van der Waals surface area contributed by atoms with Gasteiger partial charge in [0.15, 0.2) is 12.2 Å². The number of phosphoric ester groups is 2. The van der Waals surface area contributed by atoms with Gasteiger partial charge in [0.1, 0.15) is 19.3 Å². The van der Waals surface area contributed by atoms with Crippen LogP contribution in [0.25, 0.3) is 0 Å². The predicted octanol–water partition coefficient (Wildman–Crippen LogP) is 24.3. The van der Waals surface area contributed by atoms with Crippen molar-refractivity contribution in [2.75, 3.05) is 39.6 Å². The van der Waals surface area contributed by atoms with Crippen LogP contribution in [-0.4, -0.2) is 96.7 Å². The molecule has 5 atom stereocenters. The molecule has 0 fully saturated rings. The Kier molecular flexibility index (Phi) is 75.0. The molecule has 0 saturated heterocycles. The Bertz CT molecular complexity index is 2760. The summed E-state index contributed by atoms with van der Waals surface area (Å²) < 4.78 is 68.5. The summed E-state index contributed by atoms with van der Waals surface area (Å²) in [4.78, 5) is 73.1. The molecule has 0 bridgehead atoms. The highest BCUT2D eigenvalue weighted by molar-refractivity contribution is 7.47. The van der Waals surface area contributed by atoms with Gasteiger partial charge in [0, 0.05) is 25.7 Å². The lowest BCUT2D eigenvalue weighted by Crippen LogP contribution is -2.30. The Hall–Kier alpha value is -5.84. The fourth-order valence-electron chi connectivity index (χ4n) is 10.1. The molecule has 2 unspecified atom stereocenters. The van der Waals surface area contributed by atoms with Gasteiger partial charge in [-0.2, -0.15) is 0 Å². The Morgan fingerprint density at radius 1 is 0.269 bits per heavy atom. The molecule has 0 spiro atoms. The summed E-state index contributed by atoms with van der Waals surface area (Å²) in [5.74, 6) is -2.42. The summed E-state index contributed by atoms with van der Waals surface area (Å²) in [6.07, 6.45) is 96.1. The molecule has 0 aliphatic rings. The van der Waals surface area contributed by atoms with Crippen molar-refractivity contribution in [3.8, 4) is 0 Å². The first-order valence-corrected chi connectivity index (χ1v) is 44.0. The highest BCUT2D eigenvalue weighted by Gasteiger charge is 2.30. The number of hydrogen-bond donors (Lipinski definition) is 3. The number of carbonyl (C=O) groups is 4. The van der Waals surface area contributed by atoms with Crippen molar-refractivity contribution < 1.29 is 80.2 Å². The van der Waals surface area contributed by atoms with Gasteiger partial charge in [0.05, 0.1) is 26.4 Å². The number of phosphoric acid groups is 2. The third-order valence-electron chi connectivity index (χ3n) is 16.3. The summed E-state index contributed by atoms with van der Waals surface area (Å²) in [5.41, 5.74) is 0. The molecule has 17 nitrogen and oxygen atoms in total. The van der Waals surface area contributed by atoms with Crippen LogP contribution in [0.1, 0.15) is 297 Å². The first-order valence-electron chi connectivity index (χ1n) is 41.0. The maximum absolute atomic E-state index is 13.1. The first kappa shape index (κ1) is 102. The predicted molar refractivity (Wildman–Crippen MR) is 445 cm³/mol. The van der Waals surface area contributed by atoms with Crippen LogP contribution in [0.2, 0.25) is 0 Å². The molecule has 0 aromatic rings. The Balaban J connectivity index is 5.56. The van der Waals surface area contributed by atoms with E-state index in [2.05, 4.69) is 167 Å². The second-order valence-electron chi connectivity index (χ2n) is 26.6. The summed E-state index contributed by atoms with van der Waals surface area (Å²) >= 11 is 0. The van der Waals surface area contributed by atoms with Crippen LogP contribution in [-0.2, 0) is 65.4 Å². The number of ether oxygens (including phenoxy) is 4. The van der Waals surface area contributed by atoms with Gasteiger partial charge in [-0.15, -0.1) is 0 Å². The quantitative estimate of drug-likeness (QED) is 0.0169. The molecule has 3 N–H and O–H groups in total. The SMILES string of the molecule is CC/C=C\C/C=C\C/C=C\C/C=C\C/C=C\C/C=C\CCC(=O)O[C@H](COC(=O)CCCCCCCCC/C=C\CCCCCC)COP(=O)(O)OC[C@H](O)COP(=O)(O)OC[C@@H](COC(=O)CCC/C=C\C/C=C\C/C=C\C/C=C\CCCCC)OC(=O)CCC/C=C\C/C=C\C/C=C\C/C=C\CCCCC. The zero-order valence-electron chi connectivity index (χ0n) is 66.9. The van der Waals surface area contributed by atoms with Crippen LogP contribution in [0.15, 0.2) is 182 Å². The molecule has 612 valence electrons. The van der Waals surface area contributed by atoms with Crippen LogP contribution in [0.5, 0.6) is 0 Å². The molecule has 0 saturated carbocycles. The third kappa shape index (κ3) is 78.3. The Morgan fingerprint density at radius 2 is 0.509 bits per heavy atom. The second-order valence-corrected chi connectivity index (χ2v) is 29.5. The van der Waals surface area contributed by atoms with Gasteiger partial charge in [-0.1, -0.05) is 287 Å². The van der Waals surface area contributed by atoms with Gasteiger partial charge in [-0.05, 0) is 167 Å². The number of esters is 4. The second kappa shape index (κ2) is 79.3. The van der Waals surface area contributed by atoms with Gasteiger partial charge in [0.2, 0.25) is 0 Å². The fraction of sp³-hybridized carbons (Fsp3) is 0.618.